The van der Waals surface area contributed by atoms with Gasteiger partial charge in [-0.05, 0) is 40.2 Å². The van der Waals surface area contributed by atoms with Gasteiger partial charge in [0.2, 0.25) is 0 Å². The van der Waals surface area contributed by atoms with Crippen LogP contribution in [-0.2, 0) is 0 Å². The first-order valence-corrected chi connectivity index (χ1v) is 7.77. The maximum atomic E-state index is 6.26. The molecule has 3 rings (SSSR count). The molecule has 3 nitrogen and oxygen atoms in total. The number of hydrogen-bond donors (Lipinski definition) is 0. The lowest BCUT2D eigenvalue weighted by atomic mass is 10.2. The lowest BCUT2D eigenvalue weighted by Crippen LogP contribution is -2.46. The molecule has 0 spiro atoms. The molecule has 1 saturated heterocycles. The molecule has 1 aromatic carbocycles. The van der Waals surface area contributed by atoms with E-state index in [1.165, 1.54) is 0 Å². The number of nitrogens with zero attached hydrogens (tertiary/aromatic N) is 3. The van der Waals surface area contributed by atoms with Crippen LogP contribution < -0.4 is 9.80 Å². The van der Waals surface area contributed by atoms with Crippen molar-refractivity contribution in [2.24, 2.45) is 0 Å². The highest BCUT2D eigenvalue weighted by atomic mass is 79.9. The normalized spacial score (nSPS) is 15.5. The average molecular weight is 353 g/mol. The van der Waals surface area contributed by atoms with Gasteiger partial charge in [-0.25, -0.2) is 4.98 Å². The largest absolute Gasteiger partial charge is 0.367 e. The SMILES string of the molecule is Clc1ccccc1N1CCN(c2ccc(Br)cn2)CC1. The van der Waals surface area contributed by atoms with E-state index in [0.29, 0.717) is 0 Å². The van der Waals surface area contributed by atoms with E-state index < -0.39 is 0 Å². The Morgan fingerprint density at radius 3 is 2.30 bits per heavy atom. The molecule has 0 amide bonds. The molecule has 1 aliphatic heterocycles. The highest BCUT2D eigenvalue weighted by molar-refractivity contribution is 9.10. The van der Waals surface area contributed by atoms with Gasteiger partial charge in [0, 0.05) is 36.8 Å². The zero-order chi connectivity index (χ0) is 13.9. The number of aromatic nitrogens is 1. The maximum absolute atomic E-state index is 6.26. The molecule has 0 saturated carbocycles. The molecule has 0 unspecified atom stereocenters. The lowest BCUT2D eigenvalue weighted by molar-refractivity contribution is 0.647. The van der Waals surface area contributed by atoms with Crippen LogP contribution in [0.25, 0.3) is 0 Å². The van der Waals surface area contributed by atoms with Gasteiger partial charge in [0.25, 0.3) is 0 Å². The molecular weight excluding hydrogens is 338 g/mol. The summed E-state index contributed by atoms with van der Waals surface area (Å²) in [7, 11) is 0. The fraction of sp³-hybridized carbons (Fsp3) is 0.267. The molecule has 1 fully saturated rings. The number of halogens is 2. The molecular formula is C15H15BrClN3. The van der Waals surface area contributed by atoms with Crippen molar-refractivity contribution in [1.82, 2.24) is 4.98 Å². The van der Waals surface area contributed by atoms with Crippen LogP contribution in [0.2, 0.25) is 5.02 Å². The van der Waals surface area contributed by atoms with E-state index in [0.717, 1.165) is 47.2 Å². The van der Waals surface area contributed by atoms with Crippen LogP contribution in [-0.4, -0.2) is 31.2 Å². The van der Waals surface area contributed by atoms with E-state index >= 15 is 0 Å². The molecule has 2 heterocycles. The Bertz CT molecular complexity index is 580. The molecule has 2 aromatic rings. The summed E-state index contributed by atoms with van der Waals surface area (Å²) in [6.07, 6.45) is 1.84. The summed E-state index contributed by atoms with van der Waals surface area (Å²) in [6.45, 7) is 3.84. The first-order valence-electron chi connectivity index (χ1n) is 6.60. The molecule has 0 bridgehead atoms. The lowest BCUT2D eigenvalue weighted by Gasteiger charge is -2.37. The molecule has 104 valence electrons. The Morgan fingerprint density at radius 2 is 1.65 bits per heavy atom. The van der Waals surface area contributed by atoms with Gasteiger partial charge in [-0.2, -0.15) is 0 Å². The van der Waals surface area contributed by atoms with E-state index in [-0.39, 0.29) is 0 Å². The number of para-hydroxylation sites is 1. The van der Waals surface area contributed by atoms with Gasteiger partial charge in [-0.15, -0.1) is 0 Å². The van der Waals surface area contributed by atoms with Gasteiger partial charge >= 0.3 is 0 Å². The second kappa shape index (κ2) is 6.02. The Kier molecular flexibility index (Phi) is 4.13. The van der Waals surface area contributed by atoms with Gasteiger partial charge in [0.1, 0.15) is 5.82 Å². The minimum atomic E-state index is 0.822. The van der Waals surface area contributed by atoms with Crippen molar-refractivity contribution in [3.8, 4) is 0 Å². The van der Waals surface area contributed by atoms with E-state index in [1.807, 2.05) is 30.5 Å². The van der Waals surface area contributed by atoms with Gasteiger partial charge in [0.05, 0.1) is 10.7 Å². The van der Waals surface area contributed by atoms with Crippen molar-refractivity contribution >= 4 is 39.0 Å². The Balaban J connectivity index is 1.68. The first-order chi connectivity index (χ1) is 9.74. The van der Waals surface area contributed by atoms with E-state index in [1.54, 1.807) is 0 Å². The monoisotopic (exact) mass is 351 g/mol. The summed E-state index contributed by atoms with van der Waals surface area (Å²) in [6, 6.07) is 12.1. The highest BCUT2D eigenvalue weighted by Gasteiger charge is 2.19. The topological polar surface area (TPSA) is 19.4 Å². The van der Waals surface area contributed by atoms with Gasteiger partial charge < -0.3 is 9.80 Å². The quantitative estimate of drug-likeness (QED) is 0.819. The van der Waals surface area contributed by atoms with Crippen molar-refractivity contribution in [2.75, 3.05) is 36.0 Å². The number of benzene rings is 1. The fourth-order valence-electron chi connectivity index (χ4n) is 2.44. The van der Waals surface area contributed by atoms with Crippen molar-refractivity contribution in [3.63, 3.8) is 0 Å². The Morgan fingerprint density at radius 1 is 0.950 bits per heavy atom. The smallest absolute Gasteiger partial charge is 0.128 e. The minimum Gasteiger partial charge on any atom is -0.367 e. The summed E-state index contributed by atoms with van der Waals surface area (Å²) >= 11 is 9.67. The van der Waals surface area contributed by atoms with Crippen LogP contribution in [0.5, 0.6) is 0 Å². The predicted molar refractivity (Wildman–Crippen MR) is 87.8 cm³/mol. The van der Waals surface area contributed by atoms with E-state index in [4.69, 9.17) is 11.6 Å². The number of rotatable bonds is 2. The minimum absolute atomic E-state index is 0.822. The molecule has 5 heteroatoms. The third-order valence-corrected chi connectivity index (χ3v) is 4.30. The zero-order valence-corrected chi connectivity index (χ0v) is 13.3. The Labute approximate surface area is 132 Å². The number of anilines is 2. The summed E-state index contributed by atoms with van der Waals surface area (Å²) in [4.78, 5) is 9.09. The van der Waals surface area contributed by atoms with Crippen LogP contribution in [0.3, 0.4) is 0 Å². The van der Waals surface area contributed by atoms with Crippen molar-refractivity contribution in [3.05, 3.63) is 52.1 Å². The van der Waals surface area contributed by atoms with Crippen molar-refractivity contribution in [2.45, 2.75) is 0 Å². The summed E-state index contributed by atoms with van der Waals surface area (Å²) in [5.74, 6) is 1.03. The van der Waals surface area contributed by atoms with Gasteiger partial charge in [0.15, 0.2) is 0 Å². The fourth-order valence-corrected chi connectivity index (χ4v) is 2.93. The van der Waals surface area contributed by atoms with Crippen LogP contribution in [0.4, 0.5) is 11.5 Å². The van der Waals surface area contributed by atoms with E-state index in [9.17, 15) is 0 Å². The second-order valence-corrected chi connectivity index (χ2v) is 6.08. The van der Waals surface area contributed by atoms with Crippen LogP contribution in [0.1, 0.15) is 0 Å². The molecule has 0 atom stereocenters. The van der Waals surface area contributed by atoms with Crippen molar-refractivity contribution in [1.29, 1.82) is 0 Å². The molecule has 0 N–H and O–H groups in total. The summed E-state index contributed by atoms with van der Waals surface area (Å²) in [5, 5.41) is 0.822. The first kappa shape index (κ1) is 13.7. The Hall–Kier alpha value is -1.26. The average Bonchev–Trinajstić information content (AvgIpc) is 2.49. The molecule has 1 aliphatic rings. The molecule has 0 radical (unpaired) electrons. The third kappa shape index (κ3) is 2.91. The van der Waals surface area contributed by atoms with Gasteiger partial charge in [-0.3, -0.25) is 0 Å². The zero-order valence-electron chi connectivity index (χ0n) is 11.0. The number of piperazine rings is 1. The van der Waals surface area contributed by atoms with Gasteiger partial charge in [-0.1, -0.05) is 23.7 Å². The maximum Gasteiger partial charge on any atom is 0.128 e. The molecule has 20 heavy (non-hydrogen) atoms. The highest BCUT2D eigenvalue weighted by Crippen LogP contribution is 2.26. The molecule has 0 aliphatic carbocycles. The van der Waals surface area contributed by atoms with Crippen LogP contribution in [0.15, 0.2) is 47.1 Å². The predicted octanol–water partition coefficient (Wildman–Crippen LogP) is 3.82. The summed E-state index contributed by atoms with van der Waals surface area (Å²) in [5.41, 5.74) is 1.12. The van der Waals surface area contributed by atoms with Crippen LogP contribution in [0, 0.1) is 0 Å². The standard InChI is InChI=1S/C15H15BrClN3/c16-12-5-6-15(18-11-12)20-9-7-19(8-10-20)14-4-2-1-3-13(14)17/h1-6,11H,7-10H2. The number of hydrogen-bond acceptors (Lipinski definition) is 3. The van der Waals surface area contributed by atoms with Crippen LogP contribution >= 0.6 is 27.5 Å². The number of pyridine rings is 1. The van der Waals surface area contributed by atoms with E-state index in [2.05, 4.69) is 42.8 Å². The summed E-state index contributed by atoms with van der Waals surface area (Å²) < 4.78 is 1.01. The van der Waals surface area contributed by atoms with Crippen molar-refractivity contribution < 1.29 is 0 Å². The molecule has 1 aromatic heterocycles. The second-order valence-electron chi connectivity index (χ2n) is 4.76. The third-order valence-electron chi connectivity index (χ3n) is 3.51.